The molecule has 118 valence electrons. The molecule has 0 bridgehead atoms. The highest BCUT2D eigenvalue weighted by Gasteiger charge is 2.43. The van der Waals surface area contributed by atoms with Gasteiger partial charge in [0.2, 0.25) is 0 Å². The van der Waals surface area contributed by atoms with Gasteiger partial charge in [0.25, 0.3) is 5.91 Å². The number of carbonyl (C=O) groups is 2. The Bertz CT molecular complexity index is 703. The van der Waals surface area contributed by atoms with Crippen LogP contribution in [0, 0.1) is 0 Å². The number of hydrogen-bond acceptors (Lipinski definition) is 3. The summed E-state index contributed by atoms with van der Waals surface area (Å²) in [5, 5.41) is 10.3. The van der Waals surface area contributed by atoms with Crippen LogP contribution in [-0.4, -0.2) is 34.5 Å². The maximum Gasteiger partial charge on any atom is 0.332 e. The largest absolute Gasteiger partial charge is 0.387 e. The van der Waals surface area contributed by atoms with E-state index in [4.69, 9.17) is 0 Å². The first-order valence-corrected chi connectivity index (χ1v) is 7.52. The lowest BCUT2D eigenvalue weighted by Crippen LogP contribution is -2.36. The predicted octanol–water partition coefficient (Wildman–Crippen LogP) is 2.58. The van der Waals surface area contributed by atoms with Gasteiger partial charge in [0.15, 0.2) is 0 Å². The van der Waals surface area contributed by atoms with E-state index in [-0.39, 0.29) is 12.5 Å². The van der Waals surface area contributed by atoms with Gasteiger partial charge in [-0.1, -0.05) is 48.5 Å². The zero-order chi connectivity index (χ0) is 16.4. The molecule has 0 radical (unpaired) electrons. The Morgan fingerprint density at radius 3 is 2.17 bits per heavy atom. The summed E-state index contributed by atoms with van der Waals surface area (Å²) < 4.78 is 0. The number of rotatable bonds is 4. The lowest BCUT2D eigenvalue weighted by atomic mass is 10.1. The molecule has 3 amide bonds. The Morgan fingerprint density at radius 1 is 1.00 bits per heavy atom. The van der Waals surface area contributed by atoms with Crippen LogP contribution in [0.15, 0.2) is 60.7 Å². The van der Waals surface area contributed by atoms with Crippen molar-refractivity contribution in [1.29, 1.82) is 0 Å². The van der Waals surface area contributed by atoms with Gasteiger partial charge < -0.3 is 5.11 Å². The van der Waals surface area contributed by atoms with Crippen molar-refractivity contribution in [3.05, 3.63) is 66.2 Å². The molecule has 0 aliphatic carbocycles. The molecule has 0 saturated carbocycles. The zero-order valence-corrected chi connectivity index (χ0v) is 12.8. The number of hydrogen-bond donors (Lipinski definition) is 1. The van der Waals surface area contributed by atoms with Crippen LogP contribution in [0.4, 0.5) is 10.5 Å². The number of anilines is 1. The van der Waals surface area contributed by atoms with Crippen molar-refractivity contribution in [3.63, 3.8) is 0 Å². The Hall–Kier alpha value is -2.66. The van der Waals surface area contributed by atoms with E-state index < -0.39 is 18.2 Å². The molecule has 0 aromatic heterocycles. The molecule has 23 heavy (non-hydrogen) atoms. The first-order chi connectivity index (χ1) is 11.1. The van der Waals surface area contributed by atoms with Gasteiger partial charge >= 0.3 is 6.03 Å². The van der Waals surface area contributed by atoms with Gasteiger partial charge in [-0.2, -0.15) is 0 Å². The van der Waals surface area contributed by atoms with Gasteiger partial charge in [-0.3, -0.25) is 14.6 Å². The van der Waals surface area contributed by atoms with Gasteiger partial charge in [-0.15, -0.1) is 0 Å². The molecule has 1 aliphatic rings. The third-order valence-electron chi connectivity index (χ3n) is 4.02. The van der Waals surface area contributed by atoms with E-state index in [9.17, 15) is 14.7 Å². The second-order valence-corrected chi connectivity index (χ2v) is 5.54. The lowest BCUT2D eigenvalue weighted by molar-refractivity contribution is -0.127. The molecule has 3 rings (SSSR count). The van der Waals surface area contributed by atoms with E-state index in [0.29, 0.717) is 11.3 Å². The number of aliphatic hydroxyl groups is 1. The number of para-hydroxylation sites is 1. The van der Waals surface area contributed by atoms with Gasteiger partial charge in [-0.25, -0.2) is 4.79 Å². The zero-order valence-electron chi connectivity index (χ0n) is 12.8. The number of aliphatic hydroxyl groups excluding tert-OH is 1. The van der Waals surface area contributed by atoms with Crippen LogP contribution in [-0.2, 0) is 4.79 Å². The van der Waals surface area contributed by atoms with Gasteiger partial charge in [-0.05, 0) is 24.6 Å². The molecule has 1 saturated heterocycles. The fourth-order valence-electron chi connectivity index (χ4n) is 2.77. The van der Waals surface area contributed by atoms with Crippen LogP contribution in [0.5, 0.6) is 0 Å². The van der Waals surface area contributed by atoms with Crippen LogP contribution in [0.1, 0.15) is 18.6 Å². The molecule has 1 N–H and O–H groups in total. The Labute approximate surface area is 134 Å². The Kier molecular flexibility index (Phi) is 4.12. The minimum atomic E-state index is -0.896. The van der Waals surface area contributed by atoms with Crippen LogP contribution < -0.4 is 4.90 Å². The number of urea groups is 1. The summed E-state index contributed by atoms with van der Waals surface area (Å²) in [6.45, 7) is 1.65. The van der Waals surface area contributed by atoms with Gasteiger partial charge in [0.1, 0.15) is 6.04 Å². The predicted molar refractivity (Wildman–Crippen MR) is 86.9 cm³/mol. The summed E-state index contributed by atoms with van der Waals surface area (Å²) in [7, 11) is 0. The number of imide groups is 1. The monoisotopic (exact) mass is 310 g/mol. The fourth-order valence-corrected chi connectivity index (χ4v) is 2.77. The van der Waals surface area contributed by atoms with E-state index in [2.05, 4.69) is 0 Å². The average molecular weight is 310 g/mol. The SMILES string of the molecule is C[C@@H]1C(=O)N(C[C@@H](O)c2ccccc2)C(=O)N1c1ccccc1. The minimum Gasteiger partial charge on any atom is -0.387 e. The topological polar surface area (TPSA) is 60.9 Å². The molecule has 0 unspecified atom stereocenters. The standard InChI is InChI=1S/C18H18N2O3/c1-13-17(22)19(12-16(21)14-8-4-2-5-9-14)18(23)20(13)15-10-6-3-7-11-15/h2-11,13,16,21H,12H2,1H3/t13-,16-/m1/s1. The van der Waals surface area contributed by atoms with E-state index in [0.717, 1.165) is 4.90 Å². The summed E-state index contributed by atoms with van der Waals surface area (Å²) in [6.07, 6.45) is -0.896. The van der Waals surface area contributed by atoms with Crippen molar-refractivity contribution in [2.45, 2.75) is 19.1 Å². The van der Waals surface area contributed by atoms with Crippen LogP contribution >= 0.6 is 0 Å². The third-order valence-corrected chi connectivity index (χ3v) is 4.02. The summed E-state index contributed by atoms with van der Waals surface area (Å²) in [5.74, 6) is -0.297. The Morgan fingerprint density at radius 2 is 1.57 bits per heavy atom. The molecule has 1 heterocycles. The summed E-state index contributed by atoms with van der Waals surface area (Å²) in [5.41, 5.74) is 1.36. The summed E-state index contributed by atoms with van der Waals surface area (Å²) in [6, 6.07) is 17.1. The first kappa shape index (κ1) is 15.2. The van der Waals surface area contributed by atoms with E-state index in [1.807, 2.05) is 36.4 Å². The number of nitrogens with zero attached hydrogens (tertiary/aromatic N) is 2. The molecule has 1 aliphatic heterocycles. The molecular weight excluding hydrogens is 292 g/mol. The number of benzene rings is 2. The molecule has 2 aromatic carbocycles. The van der Waals surface area contributed by atoms with Crippen molar-refractivity contribution in [2.75, 3.05) is 11.4 Å². The quantitative estimate of drug-likeness (QED) is 0.883. The molecule has 2 atom stereocenters. The molecule has 0 spiro atoms. The maximum atomic E-state index is 12.6. The maximum absolute atomic E-state index is 12.6. The lowest BCUT2D eigenvalue weighted by Gasteiger charge is -2.20. The number of amides is 3. The molecule has 5 nitrogen and oxygen atoms in total. The number of carbonyl (C=O) groups excluding carboxylic acids is 2. The van der Waals surface area contributed by atoms with Crippen molar-refractivity contribution < 1.29 is 14.7 Å². The normalized spacial score (nSPS) is 19.3. The van der Waals surface area contributed by atoms with Crippen LogP contribution in [0.2, 0.25) is 0 Å². The highest BCUT2D eigenvalue weighted by Crippen LogP contribution is 2.27. The smallest absolute Gasteiger partial charge is 0.332 e. The summed E-state index contributed by atoms with van der Waals surface area (Å²) in [4.78, 5) is 27.6. The minimum absolute atomic E-state index is 0.0463. The second-order valence-electron chi connectivity index (χ2n) is 5.54. The average Bonchev–Trinajstić information content (AvgIpc) is 2.80. The van der Waals surface area contributed by atoms with E-state index in [1.165, 1.54) is 4.90 Å². The second kappa shape index (κ2) is 6.22. The van der Waals surface area contributed by atoms with Crippen LogP contribution in [0.3, 0.4) is 0 Å². The molecule has 5 heteroatoms. The van der Waals surface area contributed by atoms with Crippen molar-refractivity contribution in [2.24, 2.45) is 0 Å². The molecule has 1 fully saturated rings. The summed E-state index contributed by atoms with van der Waals surface area (Å²) >= 11 is 0. The van der Waals surface area contributed by atoms with Gasteiger partial charge in [0, 0.05) is 5.69 Å². The first-order valence-electron chi connectivity index (χ1n) is 7.52. The van der Waals surface area contributed by atoms with Crippen molar-refractivity contribution >= 4 is 17.6 Å². The highest BCUT2D eigenvalue weighted by molar-refractivity contribution is 6.14. The van der Waals surface area contributed by atoms with Crippen molar-refractivity contribution in [1.82, 2.24) is 4.90 Å². The Balaban J connectivity index is 1.81. The van der Waals surface area contributed by atoms with E-state index in [1.54, 1.807) is 31.2 Å². The molecule has 2 aromatic rings. The van der Waals surface area contributed by atoms with Crippen LogP contribution in [0.25, 0.3) is 0 Å². The molecular formula is C18H18N2O3. The highest BCUT2D eigenvalue weighted by atomic mass is 16.3. The fraction of sp³-hybridized carbons (Fsp3) is 0.222. The van der Waals surface area contributed by atoms with Gasteiger partial charge in [0.05, 0.1) is 12.6 Å². The number of β-amino-alcohol motifs (C(OH)–C–C–N with tert-alkyl or cyclic N) is 1. The van der Waals surface area contributed by atoms with E-state index >= 15 is 0 Å². The third kappa shape index (κ3) is 2.83. The van der Waals surface area contributed by atoms with Crippen molar-refractivity contribution in [3.8, 4) is 0 Å².